The summed E-state index contributed by atoms with van der Waals surface area (Å²) in [5.74, 6) is -0.370. The zero-order chi connectivity index (χ0) is 38.6. The molecular formula is C47H80O7. The number of hydrogen-bond donors (Lipinski definition) is 1. The van der Waals surface area contributed by atoms with Gasteiger partial charge in [0.1, 0.15) is 19.3 Å². The minimum atomic E-state index is -0.515. The van der Waals surface area contributed by atoms with Gasteiger partial charge in [-0.2, -0.15) is 0 Å². The third-order valence-electron chi connectivity index (χ3n) is 10.8. The normalized spacial score (nSPS) is 21.6. The van der Waals surface area contributed by atoms with Gasteiger partial charge in [0.25, 0.3) is 0 Å². The molecule has 1 aromatic rings. The second-order valence-electron chi connectivity index (χ2n) is 15.8. The summed E-state index contributed by atoms with van der Waals surface area (Å²) in [5.41, 5.74) is 0.696. The molecule has 0 spiro atoms. The van der Waals surface area contributed by atoms with Crippen molar-refractivity contribution in [1.29, 1.82) is 0 Å². The molecule has 1 unspecified atom stereocenters. The number of carbonyl (C=O) groups excluding carboxylic acids is 2. The molecule has 310 valence electrons. The summed E-state index contributed by atoms with van der Waals surface area (Å²) < 4.78 is 22.3. The molecule has 7 nitrogen and oxygen atoms in total. The van der Waals surface area contributed by atoms with Gasteiger partial charge in [-0.3, -0.25) is 4.79 Å². The maximum Gasteiger partial charge on any atom is 0.330 e. The summed E-state index contributed by atoms with van der Waals surface area (Å²) >= 11 is 0. The van der Waals surface area contributed by atoms with Crippen molar-refractivity contribution in [3.8, 4) is 11.5 Å². The molecule has 0 aromatic heterocycles. The molecule has 1 aromatic carbocycles. The standard InChI is InChI=1S/C47H80O7/c1-51-45-39-42(34-36-44(45)48)35-37-47(50)54-41-43-40-53-46(49)33-31-29-27-25-23-21-19-17-15-13-11-9-7-5-3-2-4-6-8-10-12-14-16-18-20-22-24-26-28-30-32-38-52-43/h34-37,39,43,48H,2-33,38,40-41H2,1H3. The van der Waals surface area contributed by atoms with Crippen LogP contribution in [0.15, 0.2) is 24.3 Å². The average molecular weight is 757 g/mol. The largest absolute Gasteiger partial charge is 0.504 e. The lowest BCUT2D eigenvalue weighted by Gasteiger charge is -2.18. The summed E-state index contributed by atoms with van der Waals surface area (Å²) in [6, 6.07) is 4.84. The zero-order valence-electron chi connectivity index (χ0n) is 34.6. The van der Waals surface area contributed by atoms with Crippen LogP contribution >= 0.6 is 0 Å². The first-order chi connectivity index (χ1) is 26.6. The molecule has 1 heterocycles. The first-order valence-electron chi connectivity index (χ1n) is 22.6. The van der Waals surface area contributed by atoms with Crippen LogP contribution in [-0.2, 0) is 23.8 Å². The molecule has 1 saturated heterocycles. The lowest BCUT2D eigenvalue weighted by molar-refractivity contribution is -0.153. The number of hydrogen-bond acceptors (Lipinski definition) is 7. The number of ether oxygens (including phenoxy) is 4. The molecule has 0 bridgehead atoms. The number of cyclic esters (lactones) is 1. The minimum absolute atomic E-state index is 0.00928. The second-order valence-corrected chi connectivity index (χ2v) is 15.8. The quantitative estimate of drug-likeness (QED) is 0.236. The number of rotatable bonds is 5. The van der Waals surface area contributed by atoms with Crippen LogP contribution in [0.4, 0.5) is 0 Å². The molecule has 0 radical (unpaired) electrons. The van der Waals surface area contributed by atoms with Gasteiger partial charge in [0.05, 0.1) is 7.11 Å². The Bertz CT molecular complexity index is 1070. The van der Waals surface area contributed by atoms with Crippen LogP contribution in [0.5, 0.6) is 11.5 Å². The molecular weight excluding hydrogens is 677 g/mol. The Morgan fingerprint density at radius 3 is 1.48 bits per heavy atom. The fourth-order valence-corrected chi connectivity index (χ4v) is 7.34. The third-order valence-corrected chi connectivity index (χ3v) is 10.8. The highest BCUT2D eigenvalue weighted by Crippen LogP contribution is 2.27. The van der Waals surface area contributed by atoms with Crippen LogP contribution in [-0.4, -0.2) is 50.1 Å². The van der Waals surface area contributed by atoms with Gasteiger partial charge in [-0.05, 0) is 36.6 Å². The predicted octanol–water partition coefficient (Wildman–Crippen LogP) is 13.4. The van der Waals surface area contributed by atoms with Crippen molar-refractivity contribution >= 4 is 18.0 Å². The Labute approximate surface area is 330 Å². The predicted molar refractivity (Wildman–Crippen MR) is 223 cm³/mol. The molecule has 1 atom stereocenters. The van der Waals surface area contributed by atoms with Crippen molar-refractivity contribution in [2.75, 3.05) is 26.9 Å². The molecule has 1 N–H and O–H groups in total. The van der Waals surface area contributed by atoms with Gasteiger partial charge in [-0.25, -0.2) is 4.79 Å². The monoisotopic (exact) mass is 757 g/mol. The van der Waals surface area contributed by atoms with Crippen molar-refractivity contribution in [2.45, 2.75) is 212 Å². The Balaban J connectivity index is 1.72. The summed E-state index contributed by atoms with van der Waals surface area (Å²) in [7, 11) is 1.48. The van der Waals surface area contributed by atoms with Gasteiger partial charge in [0, 0.05) is 19.1 Å². The van der Waals surface area contributed by atoms with Crippen molar-refractivity contribution in [3.63, 3.8) is 0 Å². The molecule has 0 aliphatic carbocycles. The molecule has 7 heteroatoms. The lowest BCUT2D eigenvalue weighted by atomic mass is 10.0. The van der Waals surface area contributed by atoms with E-state index in [2.05, 4.69) is 0 Å². The zero-order valence-corrected chi connectivity index (χ0v) is 34.6. The van der Waals surface area contributed by atoms with Crippen molar-refractivity contribution in [2.24, 2.45) is 0 Å². The highest BCUT2D eigenvalue weighted by molar-refractivity contribution is 5.87. The minimum Gasteiger partial charge on any atom is -0.504 e. The third kappa shape index (κ3) is 28.0. The van der Waals surface area contributed by atoms with Crippen LogP contribution in [0.1, 0.15) is 211 Å². The van der Waals surface area contributed by atoms with E-state index in [1.807, 2.05) is 0 Å². The van der Waals surface area contributed by atoms with E-state index >= 15 is 0 Å². The molecule has 54 heavy (non-hydrogen) atoms. The van der Waals surface area contributed by atoms with Crippen LogP contribution in [0.25, 0.3) is 6.08 Å². The molecule has 1 aliphatic rings. The maximum atomic E-state index is 12.5. The molecule has 1 aliphatic heterocycles. The number of benzene rings is 1. The van der Waals surface area contributed by atoms with E-state index in [1.54, 1.807) is 18.2 Å². The molecule has 2 rings (SSSR count). The second kappa shape index (κ2) is 34.9. The van der Waals surface area contributed by atoms with E-state index in [4.69, 9.17) is 18.9 Å². The van der Waals surface area contributed by atoms with Crippen LogP contribution < -0.4 is 4.74 Å². The topological polar surface area (TPSA) is 91.3 Å². The van der Waals surface area contributed by atoms with Gasteiger partial charge in [-0.1, -0.05) is 192 Å². The Hall–Kier alpha value is -2.54. The van der Waals surface area contributed by atoms with Gasteiger partial charge >= 0.3 is 11.9 Å². The number of phenolic OH excluding ortho intramolecular Hbond substituents is 1. The molecule has 0 amide bonds. The Kier molecular flexibility index (Phi) is 30.8. The van der Waals surface area contributed by atoms with Crippen molar-refractivity contribution < 1.29 is 33.6 Å². The number of phenols is 1. The number of esters is 2. The van der Waals surface area contributed by atoms with Crippen LogP contribution in [0.2, 0.25) is 0 Å². The molecule has 0 saturated carbocycles. The van der Waals surface area contributed by atoms with Crippen LogP contribution in [0, 0.1) is 0 Å². The number of aromatic hydroxyl groups is 1. The fourth-order valence-electron chi connectivity index (χ4n) is 7.34. The summed E-state index contributed by atoms with van der Waals surface area (Å²) in [5, 5.41) is 9.81. The van der Waals surface area contributed by atoms with Gasteiger partial charge in [-0.15, -0.1) is 0 Å². The lowest BCUT2D eigenvalue weighted by Crippen LogP contribution is -2.28. The number of carbonyl (C=O) groups is 2. The fraction of sp³-hybridized carbons (Fsp3) is 0.787. The van der Waals surface area contributed by atoms with E-state index in [1.165, 1.54) is 193 Å². The van der Waals surface area contributed by atoms with Crippen LogP contribution in [0.3, 0.4) is 0 Å². The summed E-state index contributed by atoms with van der Waals surface area (Å²) in [6.45, 7) is 0.628. The highest BCUT2D eigenvalue weighted by Gasteiger charge is 2.15. The van der Waals surface area contributed by atoms with Gasteiger partial charge < -0.3 is 24.1 Å². The van der Waals surface area contributed by atoms with E-state index < -0.39 is 12.1 Å². The Morgan fingerprint density at radius 1 is 0.648 bits per heavy atom. The SMILES string of the molecule is COc1cc(C=CC(=O)OCC2COC(=O)CCCCCCCCCCCCCCCCCCCCCCCCCCCCCCCCCO2)ccc1O. The first kappa shape index (κ1) is 47.6. The first-order valence-corrected chi connectivity index (χ1v) is 22.6. The highest BCUT2D eigenvalue weighted by atomic mass is 16.6. The molecule has 1 fully saturated rings. The van der Waals surface area contributed by atoms with Crippen molar-refractivity contribution in [1.82, 2.24) is 0 Å². The van der Waals surface area contributed by atoms with E-state index in [0.717, 1.165) is 25.7 Å². The van der Waals surface area contributed by atoms with Gasteiger partial charge in [0.2, 0.25) is 0 Å². The van der Waals surface area contributed by atoms with E-state index in [0.29, 0.717) is 24.3 Å². The van der Waals surface area contributed by atoms with Crippen molar-refractivity contribution in [3.05, 3.63) is 29.8 Å². The maximum absolute atomic E-state index is 12.5. The Morgan fingerprint density at radius 2 is 1.06 bits per heavy atom. The number of methoxy groups -OCH3 is 1. The summed E-state index contributed by atoms with van der Waals surface area (Å²) in [6.07, 6.45) is 43.7. The summed E-state index contributed by atoms with van der Waals surface area (Å²) in [4.78, 5) is 25.1. The van der Waals surface area contributed by atoms with Gasteiger partial charge in [0.15, 0.2) is 11.5 Å². The average Bonchev–Trinajstić information content (AvgIpc) is 3.18. The smallest absolute Gasteiger partial charge is 0.330 e. The van der Waals surface area contributed by atoms with E-state index in [9.17, 15) is 14.7 Å². The van der Waals surface area contributed by atoms with E-state index in [-0.39, 0.29) is 24.9 Å².